The minimum Gasteiger partial charge on any atom is -0.494 e. The number of nitriles is 1. The normalized spacial score (nSPS) is 18.2. The first-order valence-electron chi connectivity index (χ1n) is 29.9. The molecule has 3 aliphatic rings. The van der Waals surface area contributed by atoms with Crippen LogP contribution in [0, 0.1) is 18.3 Å². The number of carbonyl (C=O) groups excluding carboxylic acids is 6. The van der Waals surface area contributed by atoms with Crippen LogP contribution in [0.2, 0.25) is 0 Å². The Bertz CT molecular complexity index is 2900. The molecule has 480 valence electrons. The van der Waals surface area contributed by atoms with Gasteiger partial charge in [0.05, 0.1) is 63.0 Å². The first kappa shape index (κ1) is 69.1. The maximum atomic E-state index is 14.1. The lowest BCUT2D eigenvalue weighted by Crippen LogP contribution is -2.57. The Morgan fingerprint density at radius 2 is 1.31 bits per heavy atom. The SMILES string of the molecule is Cc1ccc(CCCC(=O)NCCCC[C@H](NC(=O)CN2CCN(CC(=O)O)CCN(CC(=O)O)CCN(CC(=O)O)CC2)C(=O)N[C@@H](C)C(=O)N2CCN(CCCOc3ccc4nccc(C(=O)NCC(=O)N5CC(F)(F)C[C@@H]5C#N)c4c3)CC2)cc1. The Balaban J connectivity index is 1.000. The lowest BCUT2D eigenvalue weighted by atomic mass is 10.1. The number of nitrogens with one attached hydrogen (secondary N) is 4. The topological polar surface area (TPSA) is 331 Å². The predicted molar refractivity (Wildman–Crippen MR) is 317 cm³/mol. The number of rotatable bonds is 29. The molecule has 1 aromatic heterocycles. The molecule has 0 unspecified atom stereocenters. The Kier molecular flexibility index (Phi) is 27.1. The summed E-state index contributed by atoms with van der Waals surface area (Å²) in [7, 11) is 0. The van der Waals surface area contributed by atoms with Crippen LogP contribution in [0.25, 0.3) is 10.9 Å². The minimum absolute atomic E-state index is 0.103. The number of likely N-dealkylation sites (tertiary alicyclic amines) is 1. The van der Waals surface area contributed by atoms with E-state index in [1.165, 1.54) is 12.3 Å². The summed E-state index contributed by atoms with van der Waals surface area (Å²) in [5.74, 6) is -9.00. The van der Waals surface area contributed by atoms with Gasteiger partial charge in [-0.1, -0.05) is 29.8 Å². The van der Waals surface area contributed by atoms with Crippen molar-refractivity contribution in [3.05, 3.63) is 71.4 Å². The second-order valence-corrected chi connectivity index (χ2v) is 22.6. The zero-order chi connectivity index (χ0) is 63.8. The first-order chi connectivity index (χ1) is 42.0. The first-order valence-corrected chi connectivity index (χ1v) is 29.9. The van der Waals surface area contributed by atoms with Crippen LogP contribution < -0.4 is 26.0 Å². The number of ether oxygens (including phenoxy) is 1. The molecule has 6 rings (SSSR count). The molecule has 3 saturated heterocycles. The molecule has 0 saturated carbocycles. The number of fused-ring (bicyclic) bond motifs is 1. The van der Waals surface area contributed by atoms with E-state index in [4.69, 9.17) is 4.74 Å². The van der Waals surface area contributed by atoms with Gasteiger partial charge in [-0.25, -0.2) is 8.78 Å². The number of piperazine rings is 1. The number of halogens is 2. The number of hydrogen-bond acceptors (Lipinski definition) is 17. The number of carbonyl (C=O) groups is 9. The van der Waals surface area contributed by atoms with Gasteiger partial charge in [0.2, 0.25) is 29.5 Å². The van der Waals surface area contributed by atoms with Crippen molar-refractivity contribution in [1.29, 1.82) is 5.26 Å². The lowest BCUT2D eigenvalue weighted by Gasteiger charge is -2.36. The summed E-state index contributed by atoms with van der Waals surface area (Å²) in [5.41, 5.74) is 2.96. The van der Waals surface area contributed by atoms with Gasteiger partial charge in [-0.05, 0) is 82.2 Å². The summed E-state index contributed by atoms with van der Waals surface area (Å²) in [6.07, 6.45) is 4.10. The highest BCUT2D eigenvalue weighted by Gasteiger charge is 2.47. The van der Waals surface area contributed by atoms with Crippen molar-refractivity contribution in [2.45, 2.75) is 89.3 Å². The Hall–Kier alpha value is -7.97. The van der Waals surface area contributed by atoms with Gasteiger partial charge in [-0.15, -0.1) is 0 Å². The van der Waals surface area contributed by atoms with E-state index >= 15 is 0 Å². The number of alkyl halides is 2. The van der Waals surface area contributed by atoms with Crippen LogP contribution in [0.3, 0.4) is 0 Å². The van der Waals surface area contributed by atoms with Crippen LogP contribution in [0.4, 0.5) is 8.78 Å². The number of aromatic nitrogens is 1. The molecule has 88 heavy (non-hydrogen) atoms. The van der Waals surface area contributed by atoms with E-state index in [9.17, 15) is 72.5 Å². The van der Waals surface area contributed by atoms with Crippen molar-refractivity contribution in [2.75, 3.05) is 138 Å². The highest BCUT2D eigenvalue weighted by atomic mass is 19.3. The van der Waals surface area contributed by atoms with Crippen molar-refractivity contribution >= 4 is 64.3 Å². The summed E-state index contributed by atoms with van der Waals surface area (Å²) >= 11 is 0. The zero-order valence-corrected chi connectivity index (χ0v) is 50.1. The van der Waals surface area contributed by atoms with E-state index in [-0.39, 0.29) is 102 Å². The van der Waals surface area contributed by atoms with Crippen LogP contribution in [0.1, 0.15) is 73.4 Å². The monoisotopic (exact) mass is 1230 g/mol. The Morgan fingerprint density at radius 3 is 1.90 bits per heavy atom. The molecule has 0 aliphatic carbocycles. The Labute approximate surface area is 510 Å². The van der Waals surface area contributed by atoms with Gasteiger partial charge < -0.3 is 51.1 Å². The Morgan fingerprint density at radius 1 is 0.716 bits per heavy atom. The summed E-state index contributed by atoms with van der Waals surface area (Å²) in [5, 5.41) is 49.7. The fraction of sp³-hybridized carbons (Fsp3) is 0.583. The highest BCUT2D eigenvalue weighted by Crippen LogP contribution is 2.32. The van der Waals surface area contributed by atoms with Crippen LogP contribution in [0.5, 0.6) is 5.75 Å². The van der Waals surface area contributed by atoms with E-state index in [0.717, 1.165) is 22.4 Å². The molecule has 2 aromatic carbocycles. The molecule has 0 bridgehead atoms. The number of aliphatic carboxylic acids is 3. The van der Waals surface area contributed by atoms with Crippen molar-refractivity contribution in [2.24, 2.45) is 0 Å². The van der Waals surface area contributed by atoms with Gasteiger partial charge in [-0.2, -0.15) is 5.26 Å². The number of pyridine rings is 1. The van der Waals surface area contributed by atoms with Crippen LogP contribution >= 0.6 is 0 Å². The maximum absolute atomic E-state index is 14.1. The summed E-state index contributed by atoms with van der Waals surface area (Å²) < 4.78 is 33.9. The minimum atomic E-state index is -3.19. The fourth-order valence-electron chi connectivity index (χ4n) is 10.8. The second kappa shape index (κ2) is 34.5. The molecule has 7 N–H and O–H groups in total. The number of aryl methyl sites for hydroxylation is 2. The van der Waals surface area contributed by atoms with Gasteiger partial charge >= 0.3 is 17.9 Å². The van der Waals surface area contributed by atoms with Crippen LogP contribution in [0.15, 0.2) is 54.7 Å². The number of benzene rings is 2. The average molecular weight is 1230 g/mol. The third-order valence-corrected chi connectivity index (χ3v) is 15.7. The summed E-state index contributed by atoms with van der Waals surface area (Å²) in [4.78, 5) is 132. The summed E-state index contributed by atoms with van der Waals surface area (Å²) in [6.45, 7) is 5.47. The quantitative estimate of drug-likeness (QED) is 0.0471. The molecule has 0 spiro atoms. The van der Waals surface area contributed by atoms with Crippen molar-refractivity contribution in [3.63, 3.8) is 0 Å². The molecule has 3 aliphatic heterocycles. The molecule has 0 radical (unpaired) electrons. The van der Waals surface area contributed by atoms with E-state index in [1.54, 1.807) is 55.7 Å². The second-order valence-electron chi connectivity index (χ2n) is 22.6. The zero-order valence-electron chi connectivity index (χ0n) is 50.1. The van der Waals surface area contributed by atoms with Gasteiger partial charge in [0.1, 0.15) is 23.9 Å². The van der Waals surface area contributed by atoms with Crippen molar-refractivity contribution in [3.8, 4) is 11.8 Å². The van der Waals surface area contributed by atoms with Crippen LogP contribution in [-0.4, -0.2) is 270 Å². The third kappa shape index (κ3) is 23.3. The standard InChI is InChI=1S/C60H83F2N13O13/c1-42-10-12-44(13-11-42)7-5-9-51(76)65-17-4-3-8-50(68-52(77)37-70-20-22-71(38-54(79)80)24-26-73(40-56(83)84)27-25-72(23-21-70)39-55(81)82)58(86)67-43(2)59(87)74-30-28-69(29-31-74)19-6-32-88-46-14-15-49-48(33-46)47(16-18-64-49)57(85)66-36-53(78)75-41-60(61,62)34-45(75)35-63/h10-16,18,33,43,45,50H,3-9,17,19-32,34,36-41H2,1-2H3,(H,65,76)(H,66,85)(H,67,86)(H,68,77)(H,79,80)(H,81,82)(H,83,84)/t43-,45+,50-/m0/s1. The number of carboxylic acid groups (broad SMARTS) is 3. The molecule has 3 atom stereocenters. The highest BCUT2D eigenvalue weighted by molar-refractivity contribution is 6.07. The summed E-state index contributed by atoms with van der Waals surface area (Å²) in [6, 6.07) is 13.0. The number of carboxylic acids is 3. The van der Waals surface area contributed by atoms with Crippen LogP contribution in [-0.2, 0) is 44.8 Å². The largest absolute Gasteiger partial charge is 0.494 e. The van der Waals surface area contributed by atoms with E-state index < -0.39 is 85.1 Å². The number of nitrogens with zero attached hydrogens (tertiary/aromatic N) is 9. The van der Waals surface area contributed by atoms with E-state index in [2.05, 4.69) is 31.2 Å². The van der Waals surface area contributed by atoms with Gasteiger partial charge in [-0.3, -0.25) is 72.6 Å². The smallest absolute Gasteiger partial charge is 0.317 e. The van der Waals surface area contributed by atoms with Gasteiger partial charge in [0.15, 0.2) is 0 Å². The number of hydrogen-bond donors (Lipinski definition) is 7. The molecule has 28 heteroatoms. The molecular formula is C60H83F2N13O13. The molecular weight excluding hydrogens is 1150 g/mol. The third-order valence-electron chi connectivity index (χ3n) is 15.7. The molecule has 26 nitrogen and oxygen atoms in total. The predicted octanol–water partition coefficient (Wildman–Crippen LogP) is 0.720. The van der Waals surface area contributed by atoms with E-state index in [0.29, 0.717) is 94.6 Å². The van der Waals surface area contributed by atoms with Gasteiger partial charge in [0, 0.05) is 116 Å². The number of unbranched alkanes of at least 4 members (excludes halogenated alkanes) is 1. The van der Waals surface area contributed by atoms with Crippen molar-refractivity contribution < 1.29 is 72.0 Å². The van der Waals surface area contributed by atoms with E-state index in [1.807, 2.05) is 31.2 Å². The fourth-order valence-corrected chi connectivity index (χ4v) is 10.8. The van der Waals surface area contributed by atoms with Gasteiger partial charge in [0.25, 0.3) is 11.8 Å². The number of amides is 6. The molecule has 3 fully saturated rings. The lowest BCUT2D eigenvalue weighted by molar-refractivity contribution is -0.140. The van der Waals surface area contributed by atoms with Crippen molar-refractivity contribution in [1.82, 2.24) is 60.6 Å². The maximum Gasteiger partial charge on any atom is 0.317 e. The molecule has 3 aromatic rings. The molecule has 4 heterocycles. The average Bonchev–Trinajstić information content (AvgIpc) is 3.18. The molecule has 6 amide bonds.